The lowest BCUT2D eigenvalue weighted by Crippen LogP contribution is -2.21. The summed E-state index contributed by atoms with van der Waals surface area (Å²) in [5.74, 6) is 0.324. The van der Waals surface area contributed by atoms with Gasteiger partial charge in [-0.15, -0.1) is 0 Å². The number of aliphatic hydroxyl groups excluding tert-OH is 1. The minimum absolute atomic E-state index is 0.103. The fourth-order valence-electron chi connectivity index (χ4n) is 4.09. The van der Waals surface area contributed by atoms with E-state index in [1.54, 1.807) is 12.2 Å². The number of carbonyl (C=O) groups excluding carboxylic acids is 2. The Kier molecular flexibility index (Phi) is 16.3. The molecule has 0 aliphatic carbocycles. The number of aryl methyl sites for hydroxylation is 1. The number of benzene rings is 2. The highest BCUT2D eigenvalue weighted by molar-refractivity contribution is 5.98. The van der Waals surface area contributed by atoms with Gasteiger partial charge in [0.05, 0.1) is 0 Å². The Hall–Kier alpha value is -3.28. The molecule has 0 spiro atoms. The molecule has 5 heteroatoms. The molecule has 0 bridgehead atoms. The molecular formula is C33H45NO4. The Bertz CT molecular complexity index is 1040. The molecule has 2 unspecified atom stereocenters. The highest BCUT2D eigenvalue weighted by atomic mass is 16.5. The second kappa shape index (κ2) is 18.9. The monoisotopic (exact) mass is 519 g/mol. The lowest BCUT2D eigenvalue weighted by atomic mass is 9.90. The van der Waals surface area contributed by atoms with Gasteiger partial charge in [0.15, 0.2) is 5.78 Å². The van der Waals surface area contributed by atoms with Crippen LogP contribution >= 0.6 is 0 Å². The average Bonchev–Trinajstić information content (AvgIpc) is 2.93. The zero-order valence-electron chi connectivity index (χ0n) is 23.5. The largest absolute Gasteiger partial charge is 0.371 e. The number of amides is 1. The predicted molar refractivity (Wildman–Crippen MR) is 157 cm³/mol. The molecule has 206 valence electrons. The molecule has 0 saturated carbocycles. The predicted octanol–water partition coefficient (Wildman–Crippen LogP) is 7.13. The van der Waals surface area contributed by atoms with Crippen molar-refractivity contribution in [1.29, 1.82) is 0 Å². The van der Waals surface area contributed by atoms with Gasteiger partial charge in [0, 0.05) is 22.7 Å². The van der Waals surface area contributed by atoms with E-state index in [1.807, 2.05) is 60.7 Å². The number of rotatable bonds is 14. The summed E-state index contributed by atoms with van der Waals surface area (Å²) >= 11 is 0. The molecule has 3 N–H and O–H groups in total. The molecule has 0 radical (unpaired) electrons. The molecule has 0 aromatic heterocycles. The van der Waals surface area contributed by atoms with Crippen molar-refractivity contribution in [2.24, 2.45) is 5.92 Å². The van der Waals surface area contributed by atoms with Crippen LogP contribution in [0.1, 0.15) is 97.6 Å². The van der Waals surface area contributed by atoms with Crippen LogP contribution in [-0.4, -0.2) is 28.7 Å². The maximum absolute atomic E-state index is 12.7. The lowest BCUT2D eigenvalue weighted by molar-refractivity contribution is 0.0773. The minimum Gasteiger partial charge on any atom is -0.371 e. The zero-order valence-corrected chi connectivity index (χ0v) is 23.5. The van der Waals surface area contributed by atoms with Crippen molar-refractivity contribution in [3.8, 4) is 0 Å². The van der Waals surface area contributed by atoms with E-state index in [4.69, 9.17) is 10.2 Å². The van der Waals surface area contributed by atoms with Crippen molar-refractivity contribution in [3.63, 3.8) is 0 Å². The van der Waals surface area contributed by atoms with Crippen LogP contribution in [0.3, 0.4) is 0 Å². The van der Waals surface area contributed by atoms with E-state index in [0.29, 0.717) is 11.3 Å². The minimum atomic E-state index is -0.750. The quantitative estimate of drug-likeness (QED) is 0.141. The molecule has 2 aromatic carbocycles. The Morgan fingerprint density at radius 1 is 0.947 bits per heavy atom. The summed E-state index contributed by atoms with van der Waals surface area (Å²) in [6.45, 7) is 11.5. The number of Topliss-reactive ketones (excluding diaryl/α,β-unsaturated/α-hetero) is 1. The Labute approximate surface area is 229 Å². The molecule has 2 atom stereocenters. The molecule has 0 aliphatic rings. The highest BCUT2D eigenvalue weighted by Gasteiger charge is 2.17. The first kappa shape index (κ1) is 32.7. The SMILES string of the molecule is C=C/C=C(\C=C/C(C)c1ccc(C(=O)C(CC)CCC)cc1)NC(=O)c1ccc(CCCC)cc1.OCO. The number of hydrogen-bond donors (Lipinski definition) is 3. The summed E-state index contributed by atoms with van der Waals surface area (Å²) in [6, 6.07) is 15.7. The van der Waals surface area contributed by atoms with Gasteiger partial charge in [-0.1, -0.05) is 95.7 Å². The average molecular weight is 520 g/mol. The van der Waals surface area contributed by atoms with Gasteiger partial charge in [0.2, 0.25) is 0 Å². The first-order valence-electron chi connectivity index (χ1n) is 13.6. The van der Waals surface area contributed by atoms with E-state index >= 15 is 0 Å². The van der Waals surface area contributed by atoms with Gasteiger partial charge in [-0.05, 0) is 67.0 Å². The Morgan fingerprint density at radius 2 is 1.55 bits per heavy atom. The first-order chi connectivity index (χ1) is 18.3. The van der Waals surface area contributed by atoms with Crippen molar-refractivity contribution < 1.29 is 19.8 Å². The van der Waals surface area contributed by atoms with Crippen LogP contribution in [0.25, 0.3) is 0 Å². The van der Waals surface area contributed by atoms with E-state index in [9.17, 15) is 9.59 Å². The zero-order chi connectivity index (χ0) is 28.3. The number of ketones is 1. The van der Waals surface area contributed by atoms with Crippen molar-refractivity contribution in [3.05, 3.63) is 107 Å². The Balaban J connectivity index is 0.00000229. The smallest absolute Gasteiger partial charge is 0.255 e. The third-order valence-corrected chi connectivity index (χ3v) is 6.38. The standard InChI is InChI=1S/C32H41NO2.CH4O2/c1-6-10-13-25-15-17-29(18-16-25)32(35)33-30(12-8-3)23-14-24(5)27-19-21-28(22-20-27)31(34)26(9-4)11-7-2;2-1-3/h8,12,14-24,26H,3,6-7,9-11,13H2,1-2,4-5H3,(H,33,35);2-3H,1H2/b23-14-,30-12+;. The summed E-state index contributed by atoms with van der Waals surface area (Å²) in [5, 5.41) is 17.2. The number of nitrogens with one attached hydrogen (secondary N) is 1. The normalized spacial score (nSPS) is 12.8. The number of carbonyl (C=O) groups is 2. The van der Waals surface area contributed by atoms with Gasteiger partial charge in [-0.25, -0.2) is 0 Å². The third-order valence-electron chi connectivity index (χ3n) is 6.38. The van der Waals surface area contributed by atoms with Gasteiger partial charge >= 0.3 is 0 Å². The number of hydrogen-bond acceptors (Lipinski definition) is 4. The van der Waals surface area contributed by atoms with Gasteiger partial charge in [0.1, 0.15) is 6.79 Å². The number of aliphatic hydroxyl groups is 2. The molecule has 2 aromatic rings. The molecule has 0 saturated heterocycles. The van der Waals surface area contributed by atoms with Crippen molar-refractivity contribution in [2.45, 2.75) is 72.1 Å². The van der Waals surface area contributed by atoms with E-state index < -0.39 is 6.79 Å². The van der Waals surface area contributed by atoms with Gasteiger partial charge in [-0.3, -0.25) is 9.59 Å². The molecule has 0 fully saturated rings. The molecule has 2 rings (SSSR count). The van der Waals surface area contributed by atoms with Gasteiger partial charge in [-0.2, -0.15) is 0 Å². The maximum atomic E-state index is 12.7. The van der Waals surface area contributed by atoms with Crippen molar-refractivity contribution in [1.82, 2.24) is 5.32 Å². The number of unbranched alkanes of at least 4 members (excludes halogenated alkanes) is 1. The van der Waals surface area contributed by atoms with Crippen LogP contribution in [0.2, 0.25) is 0 Å². The van der Waals surface area contributed by atoms with E-state index in [-0.39, 0.29) is 23.5 Å². The summed E-state index contributed by atoms with van der Waals surface area (Å²) in [7, 11) is 0. The summed E-state index contributed by atoms with van der Waals surface area (Å²) in [4.78, 5) is 25.5. The number of allylic oxidation sites excluding steroid dienone is 4. The highest BCUT2D eigenvalue weighted by Crippen LogP contribution is 2.22. The van der Waals surface area contributed by atoms with E-state index in [2.05, 4.69) is 39.6 Å². The van der Waals surface area contributed by atoms with Crippen LogP contribution in [0.4, 0.5) is 0 Å². The Morgan fingerprint density at radius 3 is 2.08 bits per heavy atom. The molecular weight excluding hydrogens is 474 g/mol. The molecule has 0 heterocycles. The second-order valence-corrected chi connectivity index (χ2v) is 9.28. The lowest BCUT2D eigenvalue weighted by Gasteiger charge is -2.14. The van der Waals surface area contributed by atoms with Gasteiger partial charge < -0.3 is 15.5 Å². The summed E-state index contributed by atoms with van der Waals surface area (Å²) in [6.07, 6.45) is 13.6. The van der Waals surface area contributed by atoms with Crippen LogP contribution in [-0.2, 0) is 6.42 Å². The topological polar surface area (TPSA) is 86.6 Å². The van der Waals surface area contributed by atoms with Crippen molar-refractivity contribution >= 4 is 11.7 Å². The van der Waals surface area contributed by atoms with Crippen LogP contribution < -0.4 is 5.32 Å². The molecule has 38 heavy (non-hydrogen) atoms. The maximum Gasteiger partial charge on any atom is 0.255 e. The fraction of sp³-hybridized carbons (Fsp3) is 0.394. The second-order valence-electron chi connectivity index (χ2n) is 9.28. The van der Waals surface area contributed by atoms with E-state index in [1.165, 1.54) is 5.56 Å². The fourth-order valence-corrected chi connectivity index (χ4v) is 4.09. The molecule has 1 amide bonds. The molecule has 5 nitrogen and oxygen atoms in total. The summed E-state index contributed by atoms with van der Waals surface area (Å²) < 4.78 is 0. The van der Waals surface area contributed by atoms with Crippen LogP contribution in [0, 0.1) is 5.92 Å². The third kappa shape index (κ3) is 11.4. The van der Waals surface area contributed by atoms with Crippen LogP contribution in [0.15, 0.2) is 85.1 Å². The van der Waals surface area contributed by atoms with Crippen molar-refractivity contribution in [2.75, 3.05) is 6.79 Å². The summed E-state index contributed by atoms with van der Waals surface area (Å²) in [5.41, 5.74) is 4.47. The van der Waals surface area contributed by atoms with Crippen LogP contribution in [0.5, 0.6) is 0 Å². The van der Waals surface area contributed by atoms with Gasteiger partial charge in [0.25, 0.3) is 5.91 Å². The molecule has 0 aliphatic heterocycles. The first-order valence-corrected chi connectivity index (χ1v) is 13.6. The van der Waals surface area contributed by atoms with E-state index in [0.717, 1.165) is 49.7 Å².